The summed E-state index contributed by atoms with van der Waals surface area (Å²) >= 11 is 0. The Bertz CT molecular complexity index is 690. The highest BCUT2D eigenvalue weighted by Gasteiger charge is 2.34. The van der Waals surface area contributed by atoms with Gasteiger partial charge in [-0.3, -0.25) is 9.59 Å². The molecule has 1 aromatic rings. The summed E-state index contributed by atoms with van der Waals surface area (Å²) in [6.45, 7) is 3.48. The van der Waals surface area contributed by atoms with Gasteiger partial charge in [0.1, 0.15) is 12.4 Å². The maximum atomic E-state index is 11.6. The SMILES string of the molecule is CC(C)C(=O)OCc1ccc(OC2CC(O)CC(C(=O)O)O2)c(NC=O)c1. The van der Waals surface area contributed by atoms with Gasteiger partial charge in [-0.25, -0.2) is 4.79 Å². The summed E-state index contributed by atoms with van der Waals surface area (Å²) in [6.07, 6.45) is -2.49. The highest BCUT2D eigenvalue weighted by Crippen LogP contribution is 2.30. The molecule has 3 N–H and O–H groups in total. The molecule has 0 aliphatic carbocycles. The van der Waals surface area contributed by atoms with E-state index in [9.17, 15) is 19.5 Å². The highest BCUT2D eigenvalue weighted by molar-refractivity contribution is 5.76. The van der Waals surface area contributed by atoms with Crippen LogP contribution in [0.1, 0.15) is 32.3 Å². The monoisotopic (exact) mass is 381 g/mol. The highest BCUT2D eigenvalue weighted by atomic mass is 16.7. The standard InChI is InChI=1S/C18H23NO8/c1-10(2)18(24)25-8-11-3-4-14(13(5-11)19-9-20)26-16-7-12(21)6-15(27-16)17(22)23/h3-5,9-10,12,15-16,21H,6-8H2,1-2H3,(H,19,20)(H,22,23). The van der Waals surface area contributed by atoms with Crippen LogP contribution in [0.2, 0.25) is 0 Å². The predicted octanol–water partition coefficient (Wildman–Crippen LogP) is 1.28. The zero-order valence-corrected chi connectivity index (χ0v) is 15.1. The molecule has 9 nitrogen and oxygen atoms in total. The van der Waals surface area contributed by atoms with Gasteiger partial charge in [-0.15, -0.1) is 0 Å². The number of nitrogens with one attached hydrogen (secondary N) is 1. The third-order valence-electron chi connectivity index (χ3n) is 3.91. The number of hydrogen-bond donors (Lipinski definition) is 3. The van der Waals surface area contributed by atoms with Crippen molar-refractivity contribution in [2.75, 3.05) is 5.32 Å². The first-order chi connectivity index (χ1) is 12.8. The number of aliphatic hydroxyl groups is 1. The molecule has 1 aromatic carbocycles. The van der Waals surface area contributed by atoms with Gasteiger partial charge in [0, 0.05) is 12.8 Å². The van der Waals surface area contributed by atoms with Gasteiger partial charge in [0.15, 0.2) is 6.10 Å². The molecule has 3 unspecified atom stereocenters. The second kappa shape index (κ2) is 9.33. The lowest BCUT2D eigenvalue weighted by Crippen LogP contribution is -2.42. The van der Waals surface area contributed by atoms with Gasteiger partial charge in [-0.05, 0) is 17.7 Å². The van der Waals surface area contributed by atoms with E-state index >= 15 is 0 Å². The van der Waals surface area contributed by atoms with Crippen LogP contribution < -0.4 is 10.1 Å². The number of carbonyl (C=O) groups excluding carboxylic acids is 2. The van der Waals surface area contributed by atoms with Crippen LogP contribution in [0.3, 0.4) is 0 Å². The van der Waals surface area contributed by atoms with E-state index in [4.69, 9.17) is 19.3 Å². The summed E-state index contributed by atoms with van der Waals surface area (Å²) in [7, 11) is 0. The minimum atomic E-state index is -1.18. The number of hydrogen-bond acceptors (Lipinski definition) is 7. The molecule has 1 aliphatic heterocycles. The Balaban J connectivity index is 2.10. The van der Waals surface area contributed by atoms with Gasteiger partial charge in [0.25, 0.3) is 0 Å². The summed E-state index contributed by atoms with van der Waals surface area (Å²) in [5.41, 5.74) is 0.937. The zero-order chi connectivity index (χ0) is 20.0. The third-order valence-corrected chi connectivity index (χ3v) is 3.91. The fourth-order valence-corrected chi connectivity index (χ4v) is 2.50. The Morgan fingerprint density at radius 2 is 2.11 bits per heavy atom. The predicted molar refractivity (Wildman–Crippen MR) is 92.9 cm³/mol. The average molecular weight is 381 g/mol. The van der Waals surface area contributed by atoms with Gasteiger partial charge in [0.2, 0.25) is 12.7 Å². The molecule has 0 saturated carbocycles. The normalized spacial score (nSPS) is 22.1. The topological polar surface area (TPSA) is 131 Å². The number of esters is 1. The van der Waals surface area contributed by atoms with Crippen molar-refractivity contribution in [2.24, 2.45) is 5.92 Å². The number of aliphatic carboxylic acids is 1. The first-order valence-electron chi connectivity index (χ1n) is 8.53. The van der Waals surface area contributed by atoms with E-state index in [1.807, 2.05) is 0 Å². The molecule has 0 aromatic heterocycles. The number of ether oxygens (including phenoxy) is 3. The Morgan fingerprint density at radius 3 is 2.74 bits per heavy atom. The Morgan fingerprint density at radius 1 is 1.37 bits per heavy atom. The third kappa shape index (κ3) is 5.93. The number of anilines is 1. The molecule has 2 rings (SSSR count). The van der Waals surface area contributed by atoms with Crippen LogP contribution in [0.25, 0.3) is 0 Å². The molecule has 0 spiro atoms. The van der Waals surface area contributed by atoms with Crippen molar-refractivity contribution in [1.29, 1.82) is 0 Å². The van der Waals surface area contributed by atoms with Crippen molar-refractivity contribution in [2.45, 2.75) is 51.8 Å². The van der Waals surface area contributed by atoms with E-state index in [0.29, 0.717) is 17.7 Å². The van der Waals surface area contributed by atoms with Crippen molar-refractivity contribution in [3.8, 4) is 5.75 Å². The van der Waals surface area contributed by atoms with E-state index < -0.39 is 24.5 Å². The van der Waals surface area contributed by atoms with E-state index in [1.165, 1.54) is 0 Å². The fourth-order valence-electron chi connectivity index (χ4n) is 2.50. The Hall–Kier alpha value is -2.65. The van der Waals surface area contributed by atoms with Gasteiger partial charge in [0.05, 0.1) is 17.7 Å². The zero-order valence-electron chi connectivity index (χ0n) is 15.1. The smallest absolute Gasteiger partial charge is 0.333 e. The molecule has 0 radical (unpaired) electrons. The maximum absolute atomic E-state index is 11.6. The van der Waals surface area contributed by atoms with Crippen molar-refractivity contribution in [3.63, 3.8) is 0 Å². The molecule has 1 aliphatic rings. The van der Waals surface area contributed by atoms with Crippen LogP contribution in [-0.2, 0) is 30.5 Å². The fraction of sp³-hybridized carbons (Fsp3) is 0.500. The number of benzene rings is 1. The summed E-state index contributed by atoms with van der Waals surface area (Å²) in [4.78, 5) is 33.5. The lowest BCUT2D eigenvalue weighted by Gasteiger charge is -2.31. The van der Waals surface area contributed by atoms with E-state index in [-0.39, 0.29) is 37.1 Å². The second-order valence-electron chi connectivity index (χ2n) is 6.49. The van der Waals surface area contributed by atoms with Crippen LogP contribution in [-0.4, -0.2) is 47.1 Å². The molecular weight excluding hydrogens is 358 g/mol. The molecule has 148 valence electrons. The molecule has 3 atom stereocenters. The van der Waals surface area contributed by atoms with Crippen LogP contribution in [0.15, 0.2) is 18.2 Å². The number of carboxylic acid groups (broad SMARTS) is 1. The minimum absolute atomic E-state index is 0.0191. The maximum Gasteiger partial charge on any atom is 0.333 e. The van der Waals surface area contributed by atoms with Crippen molar-refractivity contribution >= 4 is 24.0 Å². The molecule has 27 heavy (non-hydrogen) atoms. The van der Waals surface area contributed by atoms with E-state index in [0.717, 1.165) is 0 Å². The molecule has 1 saturated heterocycles. The number of aliphatic hydroxyl groups excluding tert-OH is 1. The molecule has 1 amide bonds. The lowest BCUT2D eigenvalue weighted by atomic mass is 10.1. The van der Waals surface area contributed by atoms with Crippen LogP contribution in [0.5, 0.6) is 5.75 Å². The van der Waals surface area contributed by atoms with E-state index in [1.54, 1.807) is 32.0 Å². The second-order valence-corrected chi connectivity index (χ2v) is 6.49. The number of carbonyl (C=O) groups is 3. The largest absolute Gasteiger partial charge is 0.479 e. The van der Waals surface area contributed by atoms with Crippen molar-refractivity contribution in [1.82, 2.24) is 0 Å². The molecule has 9 heteroatoms. The van der Waals surface area contributed by atoms with Crippen LogP contribution in [0.4, 0.5) is 5.69 Å². The van der Waals surface area contributed by atoms with E-state index in [2.05, 4.69) is 5.32 Å². The van der Waals surface area contributed by atoms with Gasteiger partial charge in [-0.1, -0.05) is 19.9 Å². The first kappa shape index (κ1) is 20.7. The number of rotatable bonds is 8. The molecular formula is C18H23NO8. The summed E-state index contributed by atoms with van der Waals surface area (Å²) < 4.78 is 16.1. The molecule has 0 bridgehead atoms. The lowest BCUT2D eigenvalue weighted by molar-refractivity contribution is -0.195. The van der Waals surface area contributed by atoms with Gasteiger partial charge >= 0.3 is 11.9 Å². The number of carboxylic acids is 1. The average Bonchev–Trinajstić information content (AvgIpc) is 2.61. The van der Waals surface area contributed by atoms with Crippen LogP contribution >= 0.6 is 0 Å². The Labute approximate surface area is 156 Å². The summed E-state index contributed by atoms with van der Waals surface area (Å²) in [5, 5.41) is 21.4. The molecule has 1 fully saturated rings. The van der Waals surface area contributed by atoms with Crippen LogP contribution in [0, 0.1) is 5.92 Å². The summed E-state index contributed by atoms with van der Waals surface area (Å²) in [5.74, 6) is -1.54. The summed E-state index contributed by atoms with van der Waals surface area (Å²) in [6, 6.07) is 4.77. The first-order valence-corrected chi connectivity index (χ1v) is 8.53. The number of amides is 1. The van der Waals surface area contributed by atoms with Gasteiger partial charge in [-0.2, -0.15) is 0 Å². The molecule has 1 heterocycles. The minimum Gasteiger partial charge on any atom is -0.479 e. The van der Waals surface area contributed by atoms with Crippen molar-refractivity contribution < 1.29 is 38.8 Å². The quantitative estimate of drug-likeness (QED) is 0.453. The Kier molecular flexibility index (Phi) is 7.14. The van der Waals surface area contributed by atoms with Crippen molar-refractivity contribution in [3.05, 3.63) is 23.8 Å². The van der Waals surface area contributed by atoms with Gasteiger partial charge < -0.3 is 29.7 Å².